The number of hydrogen-bond acceptors (Lipinski definition) is 5. The van der Waals surface area contributed by atoms with Crippen molar-refractivity contribution in [3.05, 3.63) is 141 Å². The van der Waals surface area contributed by atoms with Crippen LogP contribution in [0.4, 0.5) is 0 Å². The standard InChI is InChI=1S/C44H40N4S/c1-25-21-35(26(2)20-33(25)37-14-9-11-17-45-37)39-24-40(42-29(5)31(7)43(32(8)30(42)6)41-16-13-19-49-41)48-44(47-39)36-23-27(3)34(22-28(36)4)38-15-10-12-18-46-38/h9-24H,1-8H3. The van der Waals surface area contributed by atoms with Gasteiger partial charge in [0.2, 0.25) is 0 Å². The van der Waals surface area contributed by atoms with Gasteiger partial charge in [-0.25, -0.2) is 9.97 Å². The molecule has 242 valence electrons. The number of nitrogens with zero attached hydrogens (tertiary/aromatic N) is 4. The molecule has 4 aromatic heterocycles. The Morgan fingerprint density at radius 1 is 0.429 bits per heavy atom. The summed E-state index contributed by atoms with van der Waals surface area (Å²) in [5.41, 5.74) is 20.3. The molecule has 0 amide bonds. The Hall–Kier alpha value is -5.26. The number of hydrogen-bond donors (Lipinski definition) is 0. The number of aryl methyl sites for hydroxylation is 4. The molecule has 4 heterocycles. The number of rotatable bonds is 6. The molecule has 0 radical (unpaired) electrons. The summed E-state index contributed by atoms with van der Waals surface area (Å²) in [5.74, 6) is 0.725. The number of thiophene rings is 1. The lowest BCUT2D eigenvalue weighted by atomic mass is 9.86. The van der Waals surface area contributed by atoms with Crippen LogP contribution < -0.4 is 0 Å². The van der Waals surface area contributed by atoms with E-state index >= 15 is 0 Å². The second kappa shape index (κ2) is 13.0. The number of aromatic nitrogens is 4. The first-order chi connectivity index (χ1) is 23.6. The summed E-state index contributed by atoms with van der Waals surface area (Å²) in [6.45, 7) is 17.6. The van der Waals surface area contributed by atoms with Gasteiger partial charge in [-0.2, -0.15) is 0 Å². The van der Waals surface area contributed by atoms with E-state index in [0.29, 0.717) is 0 Å². The molecule has 49 heavy (non-hydrogen) atoms. The van der Waals surface area contributed by atoms with Gasteiger partial charge >= 0.3 is 0 Å². The van der Waals surface area contributed by atoms with Crippen molar-refractivity contribution in [3.63, 3.8) is 0 Å². The van der Waals surface area contributed by atoms with Crippen LogP contribution in [-0.2, 0) is 0 Å². The van der Waals surface area contributed by atoms with Crippen molar-refractivity contribution in [2.45, 2.75) is 55.4 Å². The Kier molecular flexibility index (Phi) is 8.56. The minimum atomic E-state index is 0.725. The zero-order valence-electron chi connectivity index (χ0n) is 29.4. The third kappa shape index (κ3) is 5.89. The molecule has 0 saturated heterocycles. The van der Waals surface area contributed by atoms with Crippen LogP contribution in [0.5, 0.6) is 0 Å². The number of benzene rings is 3. The summed E-state index contributed by atoms with van der Waals surface area (Å²) in [6, 6.07) is 27.6. The average Bonchev–Trinajstić information content (AvgIpc) is 3.64. The van der Waals surface area contributed by atoms with Gasteiger partial charge in [0, 0.05) is 45.1 Å². The fraction of sp³-hybridized carbons (Fsp3) is 0.182. The number of pyridine rings is 2. The second-order valence-corrected chi connectivity index (χ2v) is 14.0. The summed E-state index contributed by atoms with van der Waals surface area (Å²) in [4.78, 5) is 21.3. The van der Waals surface area contributed by atoms with E-state index in [-0.39, 0.29) is 0 Å². The van der Waals surface area contributed by atoms with E-state index in [1.54, 1.807) is 11.3 Å². The molecule has 0 aliphatic rings. The van der Waals surface area contributed by atoms with Gasteiger partial charge in [-0.05, 0) is 172 Å². The largest absolute Gasteiger partial charge is 0.256 e. The van der Waals surface area contributed by atoms with E-state index in [9.17, 15) is 0 Å². The predicted octanol–water partition coefficient (Wildman–Crippen LogP) is 11.8. The topological polar surface area (TPSA) is 51.6 Å². The van der Waals surface area contributed by atoms with Gasteiger partial charge < -0.3 is 0 Å². The molecule has 0 aliphatic heterocycles. The smallest absolute Gasteiger partial charge is 0.160 e. The molecule has 0 atom stereocenters. The Morgan fingerprint density at radius 2 is 0.898 bits per heavy atom. The molecule has 4 nitrogen and oxygen atoms in total. The van der Waals surface area contributed by atoms with Gasteiger partial charge in [0.05, 0.1) is 22.8 Å². The summed E-state index contributed by atoms with van der Waals surface area (Å²) < 4.78 is 0. The third-order valence-electron chi connectivity index (χ3n) is 9.92. The summed E-state index contributed by atoms with van der Waals surface area (Å²) >= 11 is 1.79. The lowest BCUT2D eigenvalue weighted by Gasteiger charge is -2.21. The summed E-state index contributed by atoms with van der Waals surface area (Å²) in [7, 11) is 0. The zero-order chi connectivity index (χ0) is 34.4. The molecular formula is C44H40N4S. The third-order valence-corrected chi connectivity index (χ3v) is 10.8. The van der Waals surface area contributed by atoms with E-state index < -0.39 is 0 Å². The van der Waals surface area contributed by atoms with Crippen molar-refractivity contribution in [3.8, 4) is 66.9 Å². The second-order valence-electron chi connectivity index (χ2n) is 13.1. The lowest BCUT2D eigenvalue weighted by Crippen LogP contribution is -2.04. The lowest BCUT2D eigenvalue weighted by molar-refractivity contribution is 1.15. The molecule has 7 aromatic rings. The van der Waals surface area contributed by atoms with E-state index in [1.807, 2.05) is 36.7 Å². The van der Waals surface area contributed by atoms with Gasteiger partial charge in [0.1, 0.15) is 0 Å². The van der Waals surface area contributed by atoms with Crippen molar-refractivity contribution >= 4 is 11.3 Å². The highest BCUT2D eigenvalue weighted by Gasteiger charge is 2.22. The minimum Gasteiger partial charge on any atom is -0.256 e. The van der Waals surface area contributed by atoms with Gasteiger partial charge in [-0.1, -0.05) is 18.2 Å². The normalized spacial score (nSPS) is 11.3. The zero-order valence-corrected chi connectivity index (χ0v) is 30.3. The predicted molar refractivity (Wildman–Crippen MR) is 206 cm³/mol. The highest BCUT2D eigenvalue weighted by atomic mass is 32.1. The highest BCUT2D eigenvalue weighted by Crippen LogP contribution is 2.42. The Labute approximate surface area is 293 Å². The fourth-order valence-corrected chi connectivity index (χ4v) is 7.95. The molecule has 0 N–H and O–H groups in total. The van der Waals surface area contributed by atoms with Crippen LogP contribution in [0.15, 0.2) is 96.6 Å². The maximum atomic E-state index is 5.38. The van der Waals surface area contributed by atoms with Crippen LogP contribution in [0.2, 0.25) is 0 Å². The monoisotopic (exact) mass is 656 g/mol. The van der Waals surface area contributed by atoms with Crippen molar-refractivity contribution in [1.82, 2.24) is 19.9 Å². The van der Waals surface area contributed by atoms with Gasteiger partial charge in [0.25, 0.3) is 0 Å². The van der Waals surface area contributed by atoms with Crippen LogP contribution >= 0.6 is 11.3 Å². The van der Waals surface area contributed by atoms with Crippen LogP contribution in [0, 0.1) is 55.4 Å². The highest BCUT2D eigenvalue weighted by molar-refractivity contribution is 7.13. The Balaban J connectivity index is 1.47. The molecule has 0 unspecified atom stereocenters. The molecular weight excluding hydrogens is 617 g/mol. The quantitative estimate of drug-likeness (QED) is 0.179. The van der Waals surface area contributed by atoms with E-state index in [4.69, 9.17) is 9.97 Å². The summed E-state index contributed by atoms with van der Waals surface area (Å²) in [5, 5.41) is 2.16. The van der Waals surface area contributed by atoms with Gasteiger partial charge in [-0.15, -0.1) is 11.3 Å². The molecule has 0 aliphatic carbocycles. The first-order valence-corrected chi connectivity index (χ1v) is 17.6. The van der Waals surface area contributed by atoms with E-state index in [2.05, 4.69) is 125 Å². The van der Waals surface area contributed by atoms with Crippen molar-refractivity contribution in [2.75, 3.05) is 0 Å². The van der Waals surface area contributed by atoms with Crippen molar-refractivity contribution in [1.29, 1.82) is 0 Å². The molecule has 7 rings (SSSR count). The molecule has 5 heteroatoms. The Bertz CT molecular complexity index is 2200. The first kappa shape index (κ1) is 32.3. The van der Waals surface area contributed by atoms with Crippen LogP contribution in [0.3, 0.4) is 0 Å². The molecule has 0 bridgehead atoms. The SMILES string of the molecule is Cc1cc(-c2cc(-c3c(C)c(C)c(-c4cccs4)c(C)c3C)nc(-c3cc(C)c(-c4ccccn4)cc3C)n2)c(C)cc1-c1ccccn1. The van der Waals surface area contributed by atoms with Gasteiger partial charge in [-0.3, -0.25) is 9.97 Å². The molecule has 3 aromatic carbocycles. The van der Waals surface area contributed by atoms with E-state index in [1.165, 1.54) is 38.3 Å². The maximum Gasteiger partial charge on any atom is 0.160 e. The van der Waals surface area contributed by atoms with Crippen LogP contribution in [0.25, 0.3) is 66.9 Å². The first-order valence-electron chi connectivity index (χ1n) is 16.7. The Morgan fingerprint density at radius 3 is 1.39 bits per heavy atom. The molecule has 0 spiro atoms. The fourth-order valence-electron chi connectivity index (χ4n) is 7.07. The maximum absolute atomic E-state index is 5.38. The molecule has 0 saturated carbocycles. The summed E-state index contributed by atoms with van der Waals surface area (Å²) in [6.07, 6.45) is 3.70. The van der Waals surface area contributed by atoms with Crippen LogP contribution in [0.1, 0.15) is 44.5 Å². The average molecular weight is 657 g/mol. The van der Waals surface area contributed by atoms with Crippen molar-refractivity contribution < 1.29 is 0 Å². The van der Waals surface area contributed by atoms with E-state index in [0.717, 1.165) is 73.1 Å². The molecule has 0 fully saturated rings. The minimum absolute atomic E-state index is 0.725. The van der Waals surface area contributed by atoms with Gasteiger partial charge in [0.15, 0.2) is 5.82 Å². The van der Waals surface area contributed by atoms with Crippen LogP contribution in [-0.4, -0.2) is 19.9 Å². The van der Waals surface area contributed by atoms with Crippen molar-refractivity contribution in [2.24, 2.45) is 0 Å².